The Hall–Kier alpha value is -7.06. The van der Waals surface area contributed by atoms with E-state index in [4.69, 9.17) is 41.9 Å². The summed E-state index contributed by atoms with van der Waals surface area (Å²) in [4.78, 5) is 0. The van der Waals surface area contributed by atoms with Crippen molar-refractivity contribution >= 4 is 22.7 Å². The molecule has 0 saturated carbocycles. The second kappa shape index (κ2) is 15.7. The molecule has 7 aromatic carbocycles. The predicted octanol–water partition coefficient (Wildman–Crippen LogP) is 10.5. The first-order valence-corrected chi connectivity index (χ1v) is 15.8. The van der Waals surface area contributed by atoms with E-state index in [1.807, 2.05) is 146 Å². The molecule has 0 heterocycles. The number of nitrogens with two attached hydrogens (primary N) is 4. The minimum absolute atomic E-state index is 0.708. The second-order valence-corrected chi connectivity index (χ2v) is 11.2. The smallest absolute Gasteiger partial charge is 0.127 e. The second-order valence-electron chi connectivity index (χ2n) is 11.2. The largest absolute Gasteiger partial charge is 0.457 e. The van der Waals surface area contributed by atoms with Gasteiger partial charge in [-0.05, 0) is 157 Å². The van der Waals surface area contributed by atoms with Gasteiger partial charge in [-0.2, -0.15) is 0 Å². The molecular weight excluding hydrogens is 624 g/mol. The standard InChI is InChI=1S/C24H20N2O2.C18H16N2O2/c25-19-5-13-23(14-6-19)27-21-9-1-17(2-10-21)18-3-11-22(12-4-18)28-24-15-7-20(26)8-16-24;19-13-1-5-15(6-2-13)21-17-9-11-18(12-10-17)22-16-7-3-14(20)4-8-16/h1-16H,25-26H2;1-12H,19-20H2. The Morgan fingerprint density at radius 2 is 0.340 bits per heavy atom. The highest BCUT2D eigenvalue weighted by Gasteiger charge is 2.04. The van der Waals surface area contributed by atoms with Gasteiger partial charge < -0.3 is 41.9 Å². The first-order valence-electron chi connectivity index (χ1n) is 15.8. The van der Waals surface area contributed by atoms with E-state index in [-0.39, 0.29) is 0 Å². The van der Waals surface area contributed by atoms with Crippen molar-refractivity contribution in [2.45, 2.75) is 0 Å². The van der Waals surface area contributed by atoms with Gasteiger partial charge in [-0.25, -0.2) is 0 Å². The van der Waals surface area contributed by atoms with Crippen LogP contribution in [0.5, 0.6) is 46.0 Å². The van der Waals surface area contributed by atoms with Crippen molar-refractivity contribution in [2.75, 3.05) is 22.9 Å². The molecule has 0 spiro atoms. The van der Waals surface area contributed by atoms with Crippen molar-refractivity contribution in [1.82, 2.24) is 0 Å². The Morgan fingerprint density at radius 1 is 0.200 bits per heavy atom. The summed E-state index contributed by atoms with van der Waals surface area (Å²) in [6, 6.07) is 52.5. The molecule has 50 heavy (non-hydrogen) atoms. The molecule has 0 saturated heterocycles. The van der Waals surface area contributed by atoms with Gasteiger partial charge in [0.15, 0.2) is 0 Å². The molecule has 7 rings (SSSR count). The third kappa shape index (κ3) is 9.49. The number of nitrogen functional groups attached to an aromatic ring is 4. The topological polar surface area (TPSA) is 141 Å². The van der Waals surface area contributed by atoms with Gasteiger partial charge in [0, 0.05) is 22.7 Å². The lowest BCUT2D eigenvalue weighted by Crippen LogP contribution is -1.88. The monoisotopic (exact) mass is 660 g/mol. The molecule has 0 fully saturated rings. The molecule has 0 unspecified atom stereocenters. The molecule has 0 atom stereocenters. The highest BCUT2D eigenvalue weighted by Crippen LogP contribution is 2.30. The zero-order valence-corrected chi connectivity index (χ0v) is 27.1. The van der Waals surface area contributed by atoms with Crippen LogP contribution in [-0.2, 0) is 0 Å². The van der Waals surface area contributed by atoms with Crippen LogP contribution in [-0.4, -0.2) is 0 Å². The molecule has 0 aliphatic rings. The van der Waals surface area contributed by atoms with E-state index < -0.39 is 0 Å². The number of hydrogen-bond acceptors (Lipinski definition) is 8. The maximum Gasteiger partial charge on any atom is 0.127 e. The lowest BCUT2D eigenvalue weighted by molar-refractivity contribution is 0.469. The van der Waals surface area contributed by atoms with E-state index in [1.54, 1.807) is 24.3 Å². The van der Waals surface area contributed by atoms with E-state index in [9.17, 15) is 0 Å². The Bertz CT molecular complexity index is 1930. The van der Waals surface area contributed by atoms with Crippen LogP contribution in [0.3, 0.4) is 0 Å². The normalized spacial score (nSPS) is 10.3. The van der Waals surface area contributed by atoms with Crippen LogP contribution in [0.4, 0.5) is 22.7 Å². The fraction of sp³-hybridized carbons (Fsp3) is 0. The SMILES string of the molecule is Nc1ccc(Oc2ccc(-c3ccc(Oc4ccc(N)cc4)cc3)cc2)cc1.Nc1ccc(Oc2ccc(Oc3ccc(N)cc3)cc2)cc1. The Morgan fingerprint density at radius 3 is 0.520 bits per heavy atom. The summed E-state index contributed by atoms with van der Waals surface area (Å²) >= 11 is 0. The van der Waals surface area contributed by atoms with Crippen LogP contribution < -0.4 is 41.9 Å². The Balaban J connectivity index is 0.000000178. The van der Waals surface area contributed by atoms with Crippen molar-refractivity contribution in [1.29, 1.82) is 0 Å². The van der Waals surface area contributed by atoms with E-state index >= 15 is 0 Å². The number of rotatable bonds is 9. The van der Waals surface area contributed by atoms with Gasteiger partial charge in [0.25, 0.3) is 0 Å². The van der Waals surface area contributed by atoms with Crippen molar-refractivity contribution in [3.05, 3.63) is 170 Å². The number of anilines is 4. The van der Waals surface area contributed by atoms with Crippen LogP contribution in [0.25, 0.3) is 11.1 Å². The minimum Gasteiger partial charge on any atom is -0.457 e. The molecule has 0 aliphatic heterocycles. The minimum atomic E-state index is 0.708. The van der Waals surface area contributed by atoms with Gasteiger partial charge in [-0.1, -0.05) is 24.3 Å². The first-order chi connectivity index (χ1) is 24.3. The van der Waals surface area contributed by atoms with Crippen LogP contribution in [0.15, 0.2) is 170 Å². The van der Waals surface area contributed by atoms with E-state index in [0.717, 1.165) is 57.1 Å². The zero-order chi connectivity index (χ0) is 34.7. The summed E-state index contributed by atoms with van der Waals surface area (Å²) in [5.41, 5.74) is 27.7. The summed E-state index contributed by atoms with van der Waals surface area (Å²) in [6.45, 7) is 0. The molecule has 8 heteroatoms. The molecule has 7 aromatic rings. The van der Waals surface area contributed by atoms with Crippen molar-refractivity contribution in [2.24, 2.45) is 0 Å². The third-order valence-electron chi connectivity index (χ3n) is 7.33. The summed E-state index contributed by atoms with van der Waals surface area (Å²) in [7, 11) is 0. The fourth-order valence-corrected chi connectivity index (χ4v) is 4.69. The zero-order valence-electron chi connectivity index (χ0n) is 27.1. The number of benzene rings is 7. The van der Waals surface area contributed by atoms with Crippen LogP contribution in [0.1, 0.15) is 0 Å². The van der Waals surface area contributed by atoms with E-state index in [0.29, 0.717) is 22.7 Å². The average molecular weight is 661 g/mol. The summed E-state index contributed by atoms with van der Waals surface area (Å²) in [6.07, 6.45) is 0. The van der Waals surface area contributed by atoms with Gasteiger partial charge in [0.1, 0.15) is 46.0 Å². The third-order valence-corrected chi connectivity index (χ3v) is 7.33. The van der Waals surface area contributed by atoms with Gasteiger partial charge in [-0.15, -0.1) is 0 Å². The van der Waals surface area contributed by atoms with Crippen LogP contribution >= 0.6 is 0 Å². The van der Waals surface area contributed by atoms with Crippen molar-refractivity contribution < 1.29 is 18.9 Å². The lowest BCUT2D eigenvalue weighted by Gasteiger charge is -2.09. The van der Waals surface area contributed by atoms with Crippen LogP contribution in [0, 0.1) is 0 Å². The van der Waals surface area contributed by atoms with Crippen molar-refractivity contribution in [3.63, 3.8) is 0 Å². The average Bonchev–Trinajstić information content (AvgIpc) is 3.14. The molecule has 8 nitrogen and oxygen atoms in total. The molecule has 8 N–H and O–H groups in total. The van der Waals surface area contributed by atoms with Crippen LogP contribution in [0.2, 0.25) is 0 Å². The highest BCUT2D eigenvalue weighted by atomic mass is 16.5. The number of ether oxygens (including phenoxy) is 4. The summed E-state index contributed by atoms with van der Waals surface area (Å²) in [5, 5.41) is 0. The molecule has 0 aliphatic carbocycles. The molecule has 0 bridgehead atoms. The Kier molecular flexibility index (Phi) is 10.3. The predicted molar refractivity (Wildman–Crippen MR) is 202 cm³/mol. The summed E-state index contributed by atoms with van der Waals surface area (Å²) in [5.74, 6) is 6.00. The molecular formula is C42H36N4O4. The van der Waals surface area contributed by atoms with Gasteiger partial charge in [-0.3, -0.25) is 0 Å². The number of hydrogen-bond donors (Lipinski definition) is 4. The van der Waals surface area contributed by atoms with Crippen molar-refractivity contribution in [3.8, 4) is 57.1 Å². The molecule has 0 radical (unpaired) electrons. The molecule has 0 aromatic heterocycles. The quantitative estimate of drug-likeness (QED) is 0.112. The lowest BCUT2D eigenvalue weighted by atomic mass is 10.1. The summed E-state index contributed by atoms with van der Waals surface area (Å²) < 4.78 is 23.1. The van der Waals surface area contributed by atoms with E-state index in [1.165, 1.54) is 0 Å². The molecule has 248 valence electrons. The maximum absolute atomic E-state index is 5.83. The van der Waals surface area contributed by atoms with Gasteiger partial charge >= 0.3 is 0 Å². The fourth-order valence-electron chi connectivity index (χ4n) is 4.69. The van der Waals surface area contributed by atoms with Gasteiger partial charge in [0.2, 0.25) is 0 Å². The van der Waals surface area contributed by atoms with E-state index in [2.05, 4.69) is 0 Å². The maximum atomic E-state index is 5.83. The highest BCUT2D eigenvalue weighted by molar-refractivity contribution is 5.65. The van der Waals surface area contributed by atoms with Gasteiger partial charge in [0.05, 0.1) is 0 Å². The Labute approximate surface area is 291 Å². The molecule has 0 amide bonds. The first kappa shape index (κ1) is 32.9.